The summed E-state index contributed by atoms with van der Waals surface area (Å²) >= 11 is 0. The molecule has 0 heterocycles. The van der Waals surface area contributed by atoms with Crippen LogP contribution in [0, 0.1) is 0 Å². The lowest BCUT2D eigenvalue weighted by molar-refractivity contribution is -0.137. The number of alkyl halides is 3. The Labute approximate surface area is 149 Å². The van der Waals surface area contributed by atoms with Crippen LogP contribution in [0.2, 0.25) is 0 Å². The summed E-state index contributed by atoms with van der Waals surface area (Å²) in [5.74, 6) is -0.716. The Kier molecular flexibility index (Phi) is 5.91. The van der Waals surface area contributed by atoms with Gasteiger partial charge in [-0.2, -0.15) is 13.2 Å². The zero-order valence-electron chi connectivity index (χ0n) is 13.8. The van der Waals surface area contributed by atoms with E-state index >= 15 is 0 Å². The molecule has 5 nitrogen and oxygen atoms in total. The highest BCUT2D eigenvalue weighted by Crippen LogP contribution is 2.34. The summed E-state index contributed by atoms with van der Waals surface area (Å²) in [7, 11) is -3.64. The molecule has 1 amide bonds. The Bertz CT molecular complexity index is 868. The van der Waals surface area contributed by atoms with Crippen LogP contribution in [0.25, 0.3) is 0 Å². The molecule has 1 N–H and O–H groups in total. The molecule has 9 heteroatoms. The van der Waals surface area contributed by atoms with Gasteiger partial charge in [-0.05, 0) is 24.3 Å². The molecular weight excluding hydrogens is 369 g/mol. The van der Waals surface area contributed by atoms with Crippen LogP contribution in [0.15, 0.2) is 54.6 Å². The number of para-hydroxylation sites is 2. The number of hydrogen-bond acceptors (Lipinski definition) is 3. The third-order valence-corrected chi connectivity index (χ3v) is 4.69. The van der Waals surface area contributed by atoms with Crippen molar-refractivity contribution in [1.82, 2.24) is 0 Å². The van der Waals surface area contributed by atoms with Gasteiger partial charge in [-0.1, -0.05) is 30.3 Å². The van der Waals surface area contributed by atoms with E-state index in [1.165, 1.54) is 12.1 Å². The summed E-state index contributed by atoms with van der Waals surface area (Å²) in [6.45, 7) is -0.192. The second-order valence-electron chi connectivity index (χ2n) is 5.51. The highest BCUT2D eigenvalue weighted by molar-refractivity contribution is 7.92. The van der Waals surface area contributed by atoms with E-state index in [-0.39, 0.29) is 18.7 Å². The van der Waals surface area contributed by atoms with Gasteiger partial charge in [0.25, 0.3) is 0 Å². The van der Waals surface area contributed by atoms with Crippen LogP contribution in [0.1, 0.15) is 12.0 Å². The first kappa shape index (κ1) is 19.8. The molecule has 0 radical (unpaired) electrons. The summed E-state index contributed by atoms with van der Waals surface area (Å²) in [6.07, 6.45) is -3.91. The van der Waals surface area contributed by atoms with Crippen molar-refractivity contribution >= 4 is 27.3 Å². The molecule has 0 unspecified atom stereocenters. The fourth-order valence-corrected chi connectivity index (χ4v) is 3.26. The van der Waals surface area contributed by atoms with Crippen molar-refractivity contribution in [3.8, 4) is 0 Å². The molecule has 140 valence electrons. The normalized spacial score (nSPS) is 11.8. The number of rotatable bonds is 6. The van der Waals surface area contributed by atoms with Gasteiger partial charge >= 0.3 is 6.18 Å². The molecule has 0 aliphatic heterocycles. The number of anilines is 2. The lowest BCUT2D eigenvalue weighted by Gasteiger charge is -2.22. The zero-order chi connectivity index (χ0) is 19.4. The smallest absolute Gasteiger partial charge is 0.325 e. The number of hydrogen-bond donors (Lipinski definition) is 1. The molecule has 0 aliphatic rings. The van der Waals surface area contributed by atoms with Crippen LogP contribution in [0.4, 0.5) is 24.5 Å². The average Bonchev–Trinajstić information content (AvgIpc) is 2.54. The molecule has 0 aromatic heterocycles. The molecule has 0 saturated carbocycles. The number of benzene rings is 2. The second kappa shape index (κ2) is 7.77. The van der Waals surface area contributed by atoms with E-state index in [2.05, 4.69) is 5.32 Å². The number of nitrogens with zero attached hydrogens (tertiary/aromatic N) is 1. The highest BCUT2D eigenvalue weighted by Gasteiger charge is 2.33. The molecule has 26 heavy (non-hydrogen) atoms. The van der Waals surface area contributed by atoms with Crippen LogP contribution < -0.4 is 9.62 Å². The summed E-state index contributed by atoms with van der Waals surface area (Å²) in [4.78, 5) is 12.1. The predicted molar refractivity (Wildman–Crippen MR) is 93.3 cm³/mol. The van der Waals surface area contributed by atoms with Gasteiger partial charge in [-0.25, -0.2) is 8.42 Å². The molecule has 0 spiro atoms. The first-order valence-electron chi connectivity index (χ1n) is 7.58. The molecule has 0 saturated heterocycles. The van der Waals surface area contributed by atoms with Gasteiger partial charge in [-0.15, -0.1) is 0 Å². The largest absolute Gasteiger partial charge is 0.418 e. The number of carbonyl (C=O) groups is 1. The van der Waals surface area contributed by atoms with E-state index in [0.717, 1.165) is 22.7 Å². The fourth-order valence-electron chi connectivity index (χ4n) is 2.34. The number of sulfonamides is 1. The summed E-state index contributed by atoms with van der Waals surface area (Å²) in [5.41, 5.74) is -0.953. The predicted octanol–water partition coefficient (Wildman–Crippen LogP) is 3.50. The lowest BCUT2D eigenvalue weighted by Crippen LogP contribution is -2.33. The van der Waals surface area contributed by atoms with E-state index in [0.29, 0.717) is 5.69 Å². The van der Waals surface area contributed by atoms with Crippen molar-refractivity contribution in [2.75, 3.05) is 22.4 Å². The fraction of sp³-hybridized carbons (Fsp3) is 0.235. The topological polar surface area (TPSA) is 66.5 Å². The van der Waals surface area contributed by atoms with Crippen molar-refractivity contribution in [2.45, 2.75) is 12.6 Å². The first-order valence-corrected chi connectivity index (χ1v) is 9.42. The van der Waals surface area contributed by atoms with Crippen molar-refractivity contribution in [2.24, 2.45) is 0 Å². The molecule has 0 fully saturated rings. The monoisotopic (exact) mass is 386 g/mol. The minimum absolute atomic E-state index is 0.192. The Balaban J connectivity index is 2.11. The van der Waals surface area contributed by atoms with Gasteiger partial charge in [0.15, 0.2) is 0 Å². The van der Waals surface area contributed by atoms with Crippen molar-refractivity contribution < 1.29 is 26.4 Å². The maximum absolute atomic E-state index is 13.0. The Hall–Kier alpha value is -2.55. The molecule has 2 rings (SSSR count). The minimum atomic E-state index is -4.60. The zero-order valence-corrected chi connectivity index (χ0v) is 14.6. The first-order chi connectivity index (χ1) is 12.1. The maximum Gasteiger partial charge on any atom is 0.418 e. The maximum atomic E-state index is 13.0. The number of amides is 1. The van der Waals surface area contributed by atoms with Gasteiger partial charge in [-0.3, -0.25) is 9.10 Å². The van der Waals surface area contributed by atoms with Gasteiger partial charge < -0.3 is 5.32 Å². The van der Waals surface area contributed by atoms with Crippen LogP contribution in [-0.2, 0) is 21.0 Å². The highest BCUT2D eigenvalue weighted by atomic mass is 32.2. The molecule has 2 aromatic carbocycles. The summed E-state index contributed by atoms with van der Waals surface area (Å²) in [5, 5.41) is 2.19. The van der Waals surface area contributed by atoms with Crippen molar-refractivity contribution in [1.29, 1.82) is 0 Å². The molecular formula is C17H17F3N2O3S. The average molecular weight is 386 g/mol. The summed E-state index contributed by atoms with van der Waals surface area (Å²) < 4.78 is 63.8. The Morgan fingerprint density at radius 2 is 1.62 bits per heavy atom. The molecule has 0 atom stereocenters. The van der Waals surface area contributed by atoms with Gasteiger partial charge in [0.2, 0.25) is 15.9 Å². The van der Waals surface area contributed by atoms with Gasteiger partial charge in [0.05, 0.1) is 23.2 Å². The van der Waals surface area contributed by atoms with E-state index in [1.54, 1.807) is 30.3 Å². The van der Waals surface area contributed by atoms with Crippen LogP contribution >= 0.6 is 0 Å². The summed E-state index contributed by atoms with van der Waals surface area (Å²) in [6, 6.07) is 12.7. The van der Waals surface area contributed by atoms with Crippen LogP contribution in [-0.4, -0.2) is 27.1 Å². The van der Waals surface area contributed by atoms with Gasteiger partial charge in [0.1, 0.15) is 0 Å². The van der Waals surface area contributed by atoms with E-state index < -0.39 is 27.7 Å². The van der Waals surface area contributed by atoms with E-state index in [9.17, 15) is 26.4 Å². The Morgan fingerprint density at radius 1 is 1.04 bits per heavy atom. The third kappa shape index (κ3) is 5.22. The van der Waals surface area contributed by atoms with Crippen LogP contribution in [0.5, 0.6) is 0 Å². The Morgan fingerprint density at radius 3 is 2.19 bits per heavy atom. The number of halogens is 3. The van der Waals surface area contributed by atoms with Crippen molar-refractivity contribution in [3.05, 3.63) is 60.2 Å². The van der Waals surface area contributed by atoms with E-state index in [4.69, 9.17) is 0 Å². The van der Waals surface area contributed by atoms with E-state index in [1.807, 2.05) is 0 Å². The van der Waals surface area contributed by atoms with Gasteiger partial charge in [0, 0.05) is 13.0 Å². The standard InChI is InChI=1S/C17H17F3N2O3S/c1-26(24,25)22(13-7-3-2-4-8-13)12-11-16(23)21-15-10-6-5-9-14(15)17(18,19)20/h2-10H,11-12H2,1H3,(H,21,23). The SMILES string of the molecule is CS(=O)(=O)N(CCC(=O)Nc1ccccc1C(F)(F)F)c1ccccc1. The van der Waals surface area contributed by atoms with Crippen molar-refractivity contribution in [3.63, 3.8) is 0 Å². The molecule has 2 aromatic rings. The van der Waals surface area contributed by atoms with Crippen LogP contribution in [0.3, 0.4) is 0 Å². The quantitative estimate of drug-likeness (QED) is 0.826. The number of nitrogens with one attached hydrogen (secondary N) is 1. The minimum Gasteiger partial charge on any atom is -0.325 e. The lowest BCUT2D eigenvalue weighted by atomic mass is 10.1. The number of carbonyl (C=O) groups excluding carboxylic acids is 1. The molecule has 0 bridgehead atoms. The second-order valence-corrected chi connectivity index (χ2v) is 7.42. The third-order valence-electron chi connectivity index (χ3n) is 3.49. The molecule has 0 aliphatic carbocycles.